The molecule has 0 saturated carbocycles. The van der Waals surface area contributed by atoms with Crippen molar-refractivity contribution in [3.8, 4) is 0 Å². The first-order chi connectivity index (χ1) is 19.5. The first-order valence-corrected chi connectivity index (χ1v) is 12.9. The van der Waals surface area contributed by atoms with Gasteiger partial charge in [0.25, 0.3) is 11.8 Å². The molecule has 1 atom stereocenters. The predicted molar refractivity (Wildman–Crippen MR) is 155 cm³/mol. The van der Waals surface area contributed by atoms with E-state index in [0.717, 1.165) is 34.0 Å². The van der Waals surface area contributed by atoms with Crippen molar-refractivity contribution in [3.63, 3.8) is 0 Å². The molecule has 0 bridgehead atoms. The molecule has 4 rings (SSSR count). The van der Waals surface area contributed by atoms with Crippen LogP contribution in [0.4, 0.5) is 4.79 Å². The number of hydrogen-bond acceptors (Lipinski definition) is 6. The lowest BCUT2D eigenvalue weighted by Crippen LogP contribution is -2.32. The molecule has 4 amide bonds. The van der Waals surface area contributed by atoms with Crippen LogP contribution in [0.2, 0.25) is 0 Å². The Balaban J connectivity index is 0.000000603. The van der Waals surface area contributed by atoms with Crippen molar-refractivity contribution in [2.24, 2.45) is 5.73 Å². The molecular formula is C29H35N5O8. The van der Waals surface area contributed by atoms with Crippen LogP contribution in [-0.4, -0.2) is 74.0 Å². The highest BCUT2D eigenvalue weighted by Crippen LogP contribution is 2.22. The number of aromatic amines is 1. The van der Waals surface area contributed by atoms with Crippen LogP contribution in [0.25, 0.3) is 10.9 Å². The van der Waals surface area contributed by atoms with Gasteiger partial charge < -0.3 is 37.0 Å². The molecule has 1 fully saturated rings. The van der Waals surface area contributed by atoms with E-state index in [1.807, 2.05) is 32.2 Å². The molecule has 1 aromatic heterocycles. The van der Waals surface area contributed by atoms with E-state index in [0.29, 0.717) is 30.7 Å². The van der Waals surface area contributed by atoms with Gasteiger partial charge >= 0.3 is 18.0 Å². The van der Waals surface area contributed by atoms with Gasteiger partial charge in [0.05, 0.1) is 6.54 Å². The number of aromatic nitrogens is 1. The van der Waals surface area contributed by atoms with Crippen molar-refractivity contribution in [1.82, 2.24) is 20.5 Å². The van der Waals surface area contributed by atoms with Gasteiger partial charge in [-0.05, 0) is 67.8 Å². The van der Waals surface area contributed by atoms with E-state index in [-0.39, 0.29) is 29.9 Å². The van der Waals surface area contributed by atoms with E-state index in [1.165, 1.54) is 4.90 Å². The van der Waals surface area contributed by atoms with Crippen molar-refractivity contribution in [1.29, 1.82) is 0 Å². The van der Waals surface area contributed by atoms with Crippen molar-refractivity contribution in [3.05, 3.63) is 83.1 Å². The molecule has 224 valence electrons. The van der Waals surface area contributed by atoms with Gasteiger partial charge in [0.1, 0.15) is 6.04 Å². The number of nitrogens with two attached hydrogens (primary N) is 1. The second-order valence-corrected chi connectivity index (χ2v) is 9.70. The SMILES string of the molecule is CC(C)NC(=O)c1cccc(CN2C(=O)NC(Cc3ccc4[nH]cc(CCN)c4c3)C2=O)c1.O.O=C(O)/C=C\C(=O)O. The number of carboxylic acids is 2. The average Bonchev–Trinajstić information content (AvgIpc) is 3.43. The monoisotopic (exact) mass is 581 g/mol. The summed E-state index contributed by atoms with van der Waals surface area (Å²) in [7, 11) is 0. The summed E-state index contributed by atoms with van der Waals surface area (Å²) in [5.74, 6) is -2.97. The smallest absolute Gasteiger partial charge is 0.328 e. The standard InChI is InChI=1S/C25H29N5O3.C4H4O4.H2O/c1-15(2)28-23(31)18-5-3-4-17(10-18)14-30-24(32)22(29-25(30)33)12-16-6-7-21-20(11-16)19(8-9-26)13-27-21;5-3(6)1-2-4(7)8;/h3-7,10-11,13,15,22,27H,8-9,12,14,26H2,1-2H3,(H,28,31)(H,29,33);1-2H,(H,5,6)(H,7,8);1H2/b;2-1-;. The third-order valence-corrected chi connectivity index (χ3v) is 6.11. The number of amides is 4. The van der Waals surface area contributed by atoms with E-state index in [4.69, 9.17) is 15.9 Å². The lowest BCUT2D eigenvalue weighted by molar-refractivity contribution is -0.134. The Labute approximate surface area is 241 Å². The average molecular weight is 582 g/mol. The molecule has 2 aromatic carbocycles. The van der Waals surface area contributed by atoms with Crippen LogP contribution in [0.3, 0.4) is 0 Å². The van der Waals surface area contributed by atoms with Gasteiger partial charge in [-0.25, -0.2) is 14.4 Å². The molecule has 13 nitrogen and oxygen atoms in total. The van der Waals surface area contributed by atoms with Crippen molar-refractivity contribution in [2.45, 2.75) is 45.3 Å². The van der Waals surface area contributed by atoms with Crippen LogP contribution in [0, 0.1) is 0 Å². The fourth-order valence-corrected chi connectivity index (χ4v) is 4.30. The zero-order valence-corrected chi connectivity index (χ0v) is 23.2. The second kappa shape index (κ2) is 15.1. The molecule has 0 spiro atoms. The maximum atomic E-state index is 13.0. The van der Waals surface area contributed by atoms with Gasteiger partial charge in [-0.2, -0.15) is 0 Å². The Morgan fingerprint density at radius 3 is 2.36 bits per heavy atom. The zero-order chi connectivity index (χ0) is 30.1. The van der Waals surface area contributed by atoms with E-state index in [2.05, 4.69) is 21.7 Å². The van der Waals surface area contributed by atoms with Gasteiger partial charge in [-0.3, -0.25) is 14.5 Å². The number of nitrogens with zero attached hydrogens (tertiary/aromatic N) is 1. The van der Waals surface area contributed by atoms with E-state index >= 15 is 0 Å². The van der Waals surface area contributed by atoms with E-state index in [1.54, 1.807) is 24.3 Å². The van der Waals surface area contributed by atoms with Crippen molar-refractivity contribution < 1.29 is 39.7 Å². The number of carbonyl (C=O) groups excluding carboxylic acids is 3. The number of nitrogens with one attached hydrogen (secondary N) is 3. The molecule has 0 aliphatic carbocycles. The summed E-state index contributed by atoms with van der Waals surface area (Å²) < 4.78 is 0. The second-order valence-electron chi connectivity index (χ2n) is 9.70. The molecule has 1 unspecified atom stereocenters. The summed E-state index contributed by atoms with van der Waals surface area (Å²) in [6, 6.07) is 12.0. The van der Waals surface area contributed by atoms with Crippen LogP contribution in [0.15, 0.2) is 60.8 Å². The van der Waals surface area contributed by atoms with Crippen LogP contribution in [0.5, 0.6) is 0 Å². The third kappa shape index (κ3) is 9.01. The minimum Gasteiger partial charge on any atom is -0.478 e. The number of benzene rings is 2. The zero-order valence-electron chi connectivity index (χ0n) is 23.2. The molecule has 1 aliphatic heterocycles. The predicted octanol–water partition coefficient (Wildman–Crippen LogP) is 1.36. The molecule has 2 heterocycles. The molecule has 9 N–H and O–H groups in total. The summed E-state index contributed by atoms with van der Waals surface area (Å²) in [5.41, 5.74) is 10.0. The molecule has 13 heteroatoms. The summed E-state index contributed by atoms with van der Waals surface area (Å²) >= 11 is 0. The van der Waals surface area contributed by atoms with Crippen molar-refractivity contribution >= 4 is 40.7 Å². The Hall–Kier alpha value is -5.01. The van der Waals surface area contributed by atoms with Crippen LogP contribution in [-0.2, 0) is 33.8 Å². The fraction of sp³-hybridized carbons (Fsp3) is 0.276. The first-order valence-electron chi connectivity index (χ1n) is 12.9. The Kier molecular flexibility index (Phi) is 11.9. The highest BCUT2D eigenvalue weighted by Gasteiger charge is 2.37. The molecule has 1 aliphatic rings. The number of aliphatic carboxylic acids is 2. The molecule has 1 saturated heterocycles. The minimum atomic E-state index is -1.26. The Morgan fingerprint density at radius 1 is 1.05 bits per heavy atom. The van der Waals surface area contributed by atoms with Crippen LogP contribution in [0.1, 0.15) is 40.9 Å². The highest BCUT2D eigenvalue weighted by atomic mass is 16.4. The number of carbonyl (C=O) groups is 5. The van der Waals surface area contributed by atoms with Gasteiger partial charge in [0.15, 0.2) is 0 Å². The molecule has 0 radical (unpaired) electrons. The number of imide groups is 1. The number of urea groups is 1. The lowest BCUT2D eigenvalue weighted by atomic mass is 10.0. The molecular weight excluding hydrogens is 546 g/mol. The molecule has 3 aromatic rings. The van der Waals surface area contributed by atoms with Crippen LogP contribution >= 0.6 is 0 Å². The Bertz CT molecular complexity index is 1460. The number of hydrogen-bond donors (Lipinski definition) is 6. The summed E-state index contributed by atoms with van der Waals surface area (Å²) in [4.78, 5) is 61.4. The number of carboxylic acid groups (broad SMARTS) is 2. The normalized spacial score (nSPS) is 14.4. The molecule has 42 heavy (non-hydrogen) atoms. The Morgan fingerprint density at radius 2 is 1.74 bits per heavy atom. The van der Waals surface area contributed by atoms with Gasteiger partial charge in [-0.15, -0.1) is 0 Å². The summed E-state index contributed by atoms with van der Waals surface area (Å²) in [6.45, 7) is 4.45. The minimum absolute atomic E-state index is 0. The largest absolute Gasteiger partial charge is 0.478 e. The van der Waals surface area contributed by atoms with Crippen molar-refractivity contribution in [2.75, 3.05) is 6.54 Å². The quantitative estimate of drug-likeness (QED) is 0.151. The van der Waals surface area contributed by atoms with Gasteiger partial charge in [0, 0.05) is 47.3 Å². The first kappa shape index (κ1) is 33.2. The van der Waals surface area contributed by atoms with Gasteiger partial charge in [-0.1, -0.05) is 18.2 Å². The summed E-state index contributed by atoms with van der Waals surface area (Å²) in [5, 5.41) is 22.4. The lowest BCUT2D eigenvalue weighted by Gasteiger charge is -2.14. The fourth-order valence-electron chi connectivity index (χ4n) is 4.30. The number of fused-ring (bicyclic) bond motifs is 1. The maximum absolute atomic E-state index is 13.0. The van der Waals surface area contributed by atoms with E-state index in [9.17, 15) is 24.0 Å². The number of rotatable bonds is 10. The van der Waals surface area contributed by atoms with E-state index < -0.39 is 24.0 Å². The summed E-state index contributed by atoms with van der Waals surface area (Å²) in [6.07, 6.45) is 4.25. The highest BCUT2D eigenvalue weighted by molar-refractivity contribution is 6.04. The third-order valence-electron chi connectivity index (χ3n) is 6.11. The van der Waals surface area contributed by atoms with Gasteiger partial charge in [0.2, 0.25) is 0 Å². The topological polar surface area (TPSA) is 226 Å². The maximum Gasteiger partial charge on any atom is 0.328 e. The number of H-pyrrole nitrogens is 1. The van der Waals surface area contributed by atoms with Crippen LogP contribution < -0.4 is 16.4 Å².